The van der Waals surface area contributed by atoms with Crippen molar-refractivity contribution in [2.24, 2.45) is 5.92 Å². The van der Waals surface area contributed by atoms with E-state index in [1.54, 1.807) is 25.1 Å². The SMILES string of the molecule is CCNC(=O)NCCOC(=O)C(C)Cc1ccc(Cl)cc1Cl. The molecular weight excluding hydrogens is 327 g/mol. The lowest BCUT2D eigenvalue weighted by Gasteiger charge is -2.13. The second-order valence-electron chi connectivity index (χ2n) is 4.79. The van der Waals surface area contributed by atoms with E-state index in [2.05, 4.69) is 10.6 Å². The standard InChI is InChI=1S/C15H20Cl2N2O3/c1-3-18-15(21)19-6-7-22-14(20)10(2)8-11-4-5-12(16)9-13(11)17/h4-5,9-10H,3,6-8H2,1-2H3,(H2,18,19,21). The van der Waals surface area contributed by atoms with E-state index in [1.807, 2.05) is 6.92 Å². The summed E-state index contributed by atoms with van der Waals surface area (Å²) in [5, 5.41) is 6.25. The van der Waals surface area contributed by atoms with Gasteiger partial charge in [0, 0.05) is 16.6 Å². The minimum Gasteiger partial charge on any atom is -0.464 e. The van der Waals surface area contributed by atoms with Gasteiger partial charge in [-0.15, -0.1) is 0 Å². The molecule has 122 valence electrons. The molecule has 0 spiro atoms. The highest BCUT2D eigenvalue weighted by molar-refractivity contribution is 6.35. The number of amides is 2. The van der Waals surface area contributed by atoms with Crippen molar-refractivity contribution < 1.29 is 14.3 Å². The molecular formula is C15H20Cl2N2O3. The molecule has 0 aliphatic carbocycles. The largest absolute Gasteiger partial charge is 0.464 e. The molecule has 0 fully saturated rings. The topological polar surface area (TPSA) is 67.4 Å². The van der Waals surface area contributed by atoms with Crippen LogP contribution in [0.4, 0.5) is 4.79 Å². The van der Waals surface area contributed by atoms with Gasteiger partial charge in [-0.25, -0.2) is 4.79 Å². The molecule has 1 rings (SSSR count). The smallest absolute Gasteiger partial charge is 0.314 e. The van der Waals surface area contributed by atoms with Crippen LogP contribution in [0.1, 0.15) is 19.4 Å². The molecule has 0 heterocycles. The number of carbonyl (C=O) groups excluding carboxylic acids is 2. The number of ether oxygens (including phenoxy) is 1. The van der Waals surface area contributed by atoms with Crippen molar-refractivity contribution >= 4 is 35.2 Å². The van der Waals surface area contributed by atoms with Crippen LogP contribution in [0.5, 0.6) is 0 Å². The van der Waals surface area contributed by atoms with Crippen molar-refractivity contribution in [2.45, 2.75) is 20.3 Å². The first-order valence-electron chi connectivity index (χ1n) is 7.06. The summed E-state index contributed by atoms with van der Waals surface area (Å²) < 4.78 is 5.12. The zero-order chi connectivity index (χ0) is 16.5. The van der Waals surface area contributed by atoms with Gasteiger partial charge >= 0.3 is 12.0 Å². The lowest BCUT2D eigenvalue weighted by Crippen LogP contribution is -2.37. The Bertz CT molecular complexity index is 524. The Morgan fingerprint density at radius 2 is 2.00 bits per heavy atom. The van der Waals surface area contributed by atoms with E-state index >= 15 is 0 Å². The van der Waals surface area contributed by atoms with Gasteiger partial charge in [0.2, 0.25) is 0 Å². The number of rotatable bonds is 7. The fourth-order valence-electron chi connectivity index (χ4n) is 1.78. The lowest BCUT2D eigenvalue weighted by molar-refractivity contribution is -0.147. The highest BCUT2D eigenvalue weighted by Gasteiger charge is 2.16. The summed E-state index contributed by atoms with van der Waals surface area (Å²) in [6.07, 6.45) is 0.471. The normalized spacial score (nSPS) is 11.6. The fraction of sp³-hybridized carbons (Fsp3) is 0.467. The Hall–Kier alpha value is -1.46. The van der Waals surface area contributed by atoms with E-state index in [0.29, 0.717) is 23.0 Å². The maximum absolute atomic E-state index is 11.9. The molecule has 2 amide bonds. The number of urea groups is 1. The number of hydrogen-bond acceptors (Lipinski definition) is 3. The Balaban J connectivity index is 2.34. The van der Waals surface area contributed by atoms with Crippen molar-refractivity contribution in [3.63, 3.8) is 0 Å². The van der Waals surface area contributed by atoms with Gasteiger partial charge in [-0.2, -0.15) is 0 Å². The molecule has 7 heteroatoms. The average Bonchev–Trinajstić information content (AvgIpc) is 2.46. The molecule has 0 radical (unpaired) electrons. The summed E-state index contributed by atoms with van der Waals surface area (Å²) in [6.45, 7) is 4.54. The molecule has 0 aromatic heterocycles. The van der Waals surface area contributed by atoms with E-state index in [0.717, 1.165) is 5.56 Å². The van der Waals surface area contributed by atoms with Gasteiger partial charge in [0.15, 0.2) is 0 Å². The van der Waals surface area contributed by atoms with Crippen molar-refractivity contribution in [3.8, 4) is 0 Å². The highest BCUT2D eigenvalue weighted by atomic mass is 35.5. The number of carbonyl (C=O) groups is 2. The Labute approximate surface area is 140 Å². The van der Waals surface area contributed by atoms with Crippen LogP contribution in [0.2, 0.25) is 10.0 Å². The van der Waals surface area contributed by atoms with Gasteiger partial charge in [-0.3, -0.25) is 4.79 Å². The summed E-state index contributed by atoms with van der Waals surface area (Å²) in [5.74, 6) is -0.660. The molecule has 22 heavy (non-hydrogen) atoms. The third-order valence-electron chi connectivity index (χ3n) is 2.91. The third-order valence-corrected chi connectivity index (χ3v) is 3.50. The maximum atomic E-state index is 11.9. The van der Waals surface area contributed by atoms with Crippen LogP contribution in [-0.2, 0) is 16.0 Å². The number of hydrogen-bond donors (Lipinski definition) is 2. The first-order valence-corrected chi connectivity index (χ1v) is 7.82. The van der Waals surface area contributed by atoms with Crippen LogP contribution < -0.4 is 10.6 Å². The van der Waals surface area contributed by atoms with E-state index in [1.165, 1.54) is 0 Å². The van der Waals surface area contributed by atoms with E-state index in [-0.39, 0.29) is 31.1 Å². The van der Waals surface area contributed by atoms with Crippen molar-refractivity contribution in [2.75, 3.05) is 19.7 Å². The second-order valence-corrected chi connectivity index (χ2v) is 5.64. The van der Waals surface area contributed by atoms with Crippen LogP contribution in [0.3, 0.4) is 0 Å². The minimum atomic E-state index is -0.330. The van der Waals surface area contributed by atoms with Crippen LogP contribution in [-0.4, -0.2) is 31.7 Å². The first kappa shape index (κ1) is 18.6. The second kappa shape index (κ2) is 9.54. The summed E-state index contributed by atoms with van der Waals surface area (Å²) in [5.41, 5.74) is 0.843. The molecule has 2 N–H and O–H groups in total. The lowest BCUT2D eigenvalue weighted by atomic mass is 10.0. The molecule has 0 saturated carbocycles. The van der Waals surface area contributed by atoms with E-state index < -0.39 is 0 Å². The monoisotopic (exact) mass is 346 g/mol. The minimum absolute atomic E-state index is 0.134. The van der Waals surface area contributed by atoms with Gasteiger partial charge in [-0.1, -0.05) is 36.2 Å². The molecule has 1 atom stereocenters. The van der Waals surface area contributed by atoms with Gasteiger partial charge in [0.05, 0.1) is 12.5 Å². The predicted octanol–water partition coefficient (Wildman–Crippen LogP) is 3.03. The maximum Gasteiger partial charge on any atom is 0.314 e. The highest BCUT2D eigenvalue weighted by Crippen LogP contribution is 2.23. The summed E-state index contributed by atoms with van der Waals surface area (Å²) >= 11 is 11.9. The summed E-state index contributed by atoms with van der Waals surface area (Å²) in [4.78, 5) is 23.0. The van der Waals surface area contributed by atoms with Crippen LogP contribution in [0.25, 0.3) is 0 Å². The average molecular weight is 347 g/mol. The fourth-order valence-corrected chi connectivity index (χ4v) is 2.27. The van der Waals surface area contributed by atoms with Gasteiger partial charge in [-0.05, 0) is 31.0 Å². The predicted molar refractivity (Wildman–Crippen MR) is 87.4 cm³/mol. The Kier molecular flexibility index (Phi) is 8.06. The third kappa shape index (κ3) is 6.54. The quantitative estimate of drug-likeness (QED) is 0.589. The zero-order valence-corrected chi connectivity index (χ0v) is 14.1. The van der Waals surface area contributed by atoms with Crippen molar-refractivity contribution in [1.82, 2.24) is 10.6 Å². The Morgan fingerprint density at radius 1 is 1.27 bits per heavy atom. The number of halogens is 2. The molecule has 1 aromatic carbocycles. The molecule has 1 unspecified atom stereocenters. The van der Waals surface area contributed by atoms with Gasteiger partial charge < -0.3 is 15.4 Å². The summed E-state index contributed by atoms with van der Waals surface area (Å²) in [6, 6.07) is 4.90. The van der Waals surface area contributed by atoms with Crippen LogP contribution >= 0.6 is 23.2 Å². The van der Waals surface area contributed by atoms with Crippen molar-refractivity contribution in [1.29, 1.82) is 0 Å². The summed E-state index contributed by atoms with van der Waals surface area (Å²) in [7, 11) is 0. The molecule has 0 saturated heterocycles. The van der Waals surface area contributed by atoms with Crippen LogP contribution in [0.15, 0.2) is 18.2 Å². The van der Waals surface area contributed by atoms with Gasteiger partial charge in [0.1, 0.15) is 6.61 Å². The molecule has 0 aliphatic rings. The molecule has 5 nitrogen and oxygen atoms in total. The molecule has 0 aliphatic heterocycles. The zero-order valence-electron chi connectivity index (χ0n) is 12.6. The number of nitrogens with one attached hydrogen (secondary N) is 2. The molecule has 1 aromatic rings. The van der Waals surface area contributed by atoms with E-state index in [4.69, 9.17) is 27.9 Å². The number of esters is 1. The number of benzene rings is 1. The van der Waals surface area contributed by atoms with Crippen LogP contribution in [0, 0.1) is 5.92 Å². The first-order chi connectivity index (χ1) is 10.4. The van der Waals surface area contributed by atoms with Gasteiger partial charge in [0.25, 0.3) is 0 Å². The van der Waals surface area contributed by atoms with Crippen molar-refractivity contribution in [3.05, 3.63) is 33.8 Å². The van der Waals surface area contributed by atoms with E-state index in [9.17, 15) is 9.59 Å². The molecule has 0 bridgehead atoms. The Morgan fingerprint density at radius 3 is 2.64 bits per heavy atom.